The molecule has 3 aliphatic rings. The summed E-state index contributed by atoms with van der Waals surface area (Å²) in [5.41, 5.74) is 0.999. The number of aliphatic hydroxyl groups excluding tert-OH is 16. The summed E-state index contributed by atoms with van der Waals surface area (Å²) in [6, 6.07) is -0.781. The first-order chi connectivity index (χ1) is 44.9. The maximum atomic E-state index is 13.7. The number of hydrogen-bond acceptors (Lipinski definition) is 23. The van der Waals surface area contributed by atoms with Crippen LogP contribution < -0.4 is 0 Å². The third-order valence-electron chi connectivity index (χ3n) is 21.3. The first-order valence-corrected chi connectivity index (χ1v) is 36.1. The molecule has 0 aliphatic carbocycles. The topological polar surface area (TPSA) is 401 Å². The molecular formula is C73H133NO22. The molecule has 0 spiro atoms. The van der Waals surface area contributed by atoms with E-state index in [2.05, 4.69) is 13.8 Å². The van der Waals surface area contributed by atoms with E-state index < -0.39 is 182 Å². The lowest BCUT2D eigenvalue weighted by atomic mass is 9.80. The number of allylic oxidation sites excluding steroid dienone is 2. The van der Waals surface area contributed by atoms with Gasteiger partial charge in [-0.2, -0.15) is 0 Å². The lowest BCUT2D eigenvalue weighted by Gasteiger charge is -2.50. The van der Waals surface area contributed by atoms with Crippen LogP contribution in [-0.2, 0) is 23.7 Å². The van der Waals surface area contributed by atoms with Gasteiger partial charge in [-0.15, -0.1) is 0 Å². The summed E-state index contributed by atoms with van der Waals surface area (Å²) in [5.74, 6) is -6.45. The quantitative estimate of drug-likeness (QED) is 0.117. The van der Waals surface area contributed by atoms with Crippen molar-refractivity contribution in [1.82, 2.24) is 4.90 Å². The van der Waals surface area contributed by atoms with Crippen molar-refractivity contribution in [1.29, 1.82) is 0 Å². The Balaban J connectivity index is 1.86. The van der Waals surface area contributed by atoms with Crippen LogP contribution >= 0.6 is 0 Å². The van der Waals surface area contributed by atoms with Gasteiger partial charge in [0.05, 0.1) is 122 Å². The Hall–Kier alpha value is -2.41. The molecule has 0 amide bonds. The van der Waals surface area contributed by atoms with Crippen LogP contribution in [0.5, 0.6) is 0 Å². The van der Waals surface area contributed by atoms with E-state index in [4.69, 9.17) is 18.9 Å². The Bertz CT molecular complexity index is 2280. The van der Waals surface area contributed by atoms with Gasteiger partial charge in [0.15, 0.2) is 12.1 Å². The zero-order valence-corrected chi connectivity index (χ0v) is 60.1. The van der Waals surface area contributed by atoms with Crippen LogP contribution in [0.15, 0.2) is 47.6 Å². The number of cyclic esters (lactones) is 1. The Labute approximate surface area is 573 Å². The molecule has 562 valence electrons. The minimum atomic E-state index is -2.26. The van der Waals surface area contributed by atoms with E-state index in [1.807, 2.05) is 0 Å². The van der Waals surface area contributed by atoms with Crippen molar-refractivity contribution in [3.63, 3.8) is 0 Å². The summed E-state index contributed by atoms with van der Waals surface area (Å²) < 4.78 is 24.5. The van der Waals surface area contributed by atoms with E-state index in [1.165, 1.54) is 12.2 Å². The lowest BCUT2D eigenvalue weighted by Crippen LogP contribution is -2.64. The van der Waals surface area contributed by atoms with Crippen LogP contribution in [0.4, 0.5) is 0 Å². The third kappa shape index (κ3) is 29.5. The lowest BCUT2D eigenvalue weighted by molar-refractivity contribution is -0.351. The highest BCUT2D eigenvalue weighted by atomic mass is 16.7. The first kappa shape index (κ1) is 87.8. The van der Waals surface area contributed by atoms with Crippen molar-refractivity contribution in [3.8, 4) is 0 Å². The van der Waals surface area contributed by atoms with E-state index >= 15 is 0 Å². The van der Waals surface area contributed by atoms with Gasteiger partial charge in [0, 0.05) is 48.9 Å². The van der Waals surface area contributed by atoms with E-state index in [9.17, 15) is 91.6 Å². The molecule has 0 aromatic rings. The summed E-state index contributed by atoms with van der Waals surface area (Å²) in [6.07, 6.45) is -7.61. The number of nitrogens with zero attached hydrogens (tertiary/aromatic N) is 1. The van der Waals surface area contributed by atoms with E-state index in [0.29, 0.717) is 42.7 Å². The van der Waals surface area contributed by atoms with Crippen molar-refractivity contribution in [2.45, 2.75) is 351 Å². The third-order valence-corrected chi connectivity index (χ3v) is 21.3. The normalized spacial score (nSPS) is 44.7. The first-order valence-electron chi connectivity index (χ1n) is 36.1. The molecule has 3 rings (SSSR count). The SMILES string of the molecule is CCC(C)CCCC1/C=C(/C)C(O)CC(O)CCCC(O)C(C)C(O)C/C=C\C=C(\C)C(O)C(C)C2CC(O[C@@H]3O[C@H](C)[C@@H](O)[C@H](N(C)C)[C@H]3O)C(C)C(O)(CC(=O)OC(C)/C=C\C(O)CC(O)CCCC(O)C(C)C(O)CCC(C)C(O)CC(O)CC(O)CCC(O)C1O)O2. The molecule has 2 fully saturated rings. The fourth-order valence-corrected chi connectivity index (χ4v) is 13.6. The molecule has 96 heavy (non-hydrogen) atoms. The smallest absolute Gasteiger partial charge is 0.311 e. The van der Waals surface area contributed by atoms with Crippen molar-refractivity contribution in [2.24, 2.45) is 41.4 Å². The second-order valence-corrected chi connectivity index (χ2v) is 29.7. The average molecular weight is 1380 g/mol. The highest BCUT2D eigenvalue weighted by molar-refractivity contribution is 5.71. The number of ether oxygens (including phenoxy) is 4. The van der Waals surface area contributed by atoms with Gasteiger partial charge in [0.1, 0.15) is 12.2 Å². The highest BCUT2D eigenvalue weighted by Gasteiger charge is 2.53. The molecule has 25 unspecified atom stereocenters. The number of likely N-dealkylation sites (N-methyl/N-ethyl adjacent to an activating group) is 1. The van der Waals surface area contributed by atoms with Gasteiger partial charge in [-0.1, -0.05) is 98.1 Å². The highest BCUT2D eigenvalue weighted by Crippen LogP contribution is 2.42. The fraction of sp³-hybridized carbons (Fsp3) is 0.877. The largest absolute Gasteiger partial charge is 0.458 e. The molecule has 2 saturated heterocycles. The maximum absolute atomic E-state index is 13.7. The van der Waals surface area contributed by atoms with Crippen LogP contribution in [0.3, 0.4) is 0 Å². The van der Waals surface area contributed by atoms with Gasteiger partial charge in [0.25, 0.3) is 0 Å². The van der Waals surface area contributed by atoms with Crippen LogP contribution in [0.2, 0.25) is 0 Å². The van der Waals surface area contributed by atoms with Crippen LogP contribution in [0, 0.1) is 41.4 Å². The molecular weight excluding hydrogens is 1240 g/mol. The molecule has 0 radical (unpaired) electrons. The van der Waals surface area contributed by atoms with E-state index in [1.54, 1.807) is 106 Å². The molecule has 3 aliphatic heterocycles. The number of carbonyl (C=O) groups is 1. The number of carbonyl (C=O) groups excluding carboxylic acids is 1. The Morgan fingerprint density at radius 1 is 0.625 bits per heavy atom. The standard InChI is InChI=1S/C73H133NO22/c1-14-41(2)20-17-22-51-34-44(5)63(86)37-53(76)24-19-27-58(81)46(7)57(80)25-16-15-21-43(4)68(88)48(9)64-39-65(95-72-71(91)67(74(12)13)69(89)50(11)94-72)49(10)73(92,96-64)40-66(87)93-45(6)29-30-54(77)35-52(75)23-18-26-59(82)47(8)60(83)32-28-42(3)62(85)38-56(79)36-55(78)31-33-61(84)70(51)90/h15-16,21,29-30,34,41-42,45-65,67-72,75-86,88-92H,14,17-20,22-28,31-33,35-40H2,1-13H3/b16-15-,30-29-,43-21-,44-34-/t41?,42?,45?,46?,47?,48?,49?,50-,51?,52?,53?,54?,55?,56?,57?,58?,59?,60?,61?,62?,63?,64?,65?,67+,68?,69-,70?,71-,72+,73?/m1/s1. The average Bonchev–Trinajstić information content (AvgIpc) is 0.771. The molecule has 23 nitrogen and oxygen atoms in total. The molecule has 30 atom stereocenters. The molecule has 2 bridgehead atoms. The zero-order chi connectivity index (χ0) is 72.5. The summed E-state index contributed by atoms with van der Waals surface area (Å²) in [4.78, 5) is 15.4. The molecule has 0 saturated carbocycles. The van der Waals surface area contributed by atoms with Crippen molar-refractivity contribution in [2.75, 3.05) is 14.1 Å². The Morgan fingerprint density at radius 2 is 1.21 bits per heavy atom. The molecule has 0 aromatic heterocycles. The van der Waals surface area contributed by atoms with Gasteiger partial charge >= 0.3 is 5.97 Å². The maximum Gasteiger partial charge on any atom is 0.311 e. The Morgan fingerprint density at radius 3 is 1.82 bits per heavy atom. The Kier molecular flexibility index (Phi) is 39.8. The fourth-order valence-electron chi connectivity index (χ4n) is 13.6. The molecule has 3 heterocycles. The predicted octanol–water partition coefficient (Wildman–Crippen LogP) is 4.50. The second kappa shape index (κ2) is 43.5. The van der Waals surface area contributed by atoms with Crippen molar-refractivity contribution < 1.29 is 111 Å². The van der Waals surface area contributed by atoms with Crippen molar-refractivity contribution in [3.05, 3.63) is 47.6 Å². The van der Waals surface area contributed by atoms with Crippen molar-refractivity contribution >= 4 is 5.97 Å². The van der Waals surface area contributed by atoms with Gasteiger partial charge in [-0.3, -0.25) is 4.79 Å². The van der Waals surface area contributed by atoms with Gasteiger partial charge in [-0.05, 0) is 161 Å². The van der Waals surface area contributed by atoms with Crippen LogP contribution in [0.1, 0.15) is 211 Å². The number of hydrogen-bond donors (Lipinski definition) is 17. The van der Waals surface area contributed by atoms with Crippen LogP contribution in [-0.4, -0.2) is 252 Å². The zero-order valence-electron chi connectivity index (χ0n) is 60.1. The number of rotatable bonds is 8. The predicted molar refractivity (Wildman–Crippen MR) is 365 cm³/mol. The summed E-state index contributed by atoms with van der Waals surface area (Å²) in [7, 11) is 3.40. The summed E-state index contributed by atoms with van der Waals surface area (Å²) >= 11 is 0. The summed E-state index contributed by atoms with van der Waals surface area (Å²) in [5, 5.41) is 191. The molecule has 0 aromatic carbocycles. The van der Waals surface area contributed by atoms with E-state index in [0.717, 1.165) is 19.3 Å². The van der Waals surface area contributed by atoms with Gasteiger partial charge < -0.3 is 111 Å². The molecule has 17 N–H and O–H groups in total. The van der Waals surface area contributed by atoms with Gasteiger partial charge in [0.2, 0.25) is 0 Å². The van der Waals surface area contributed by atoms with Crippen LogP contribution in [0.25, 0.3) is 0 Å². The van der Waals surface area contributed by atoms with E-state index in [-0.39, 0.29) is 89.4 Å². The monoisotopic (exact) mass is 1380 g/mol. The number of aliphatic hydroxyl groups is 17. The number of esters is 1. The minimum Gasteiger partial charge on any atom is -0.458 e. The second-order valence-electron chi connectivity index (χ2n) is 29.7. The summed E-state index contributed by atoms with van der Waals surface area (Å²) in [6.45, 7) is 19.4. The molecule has 23 heteroatoms. The minimum absolute atomic E-state index is 0.00878. The van der Waals surface area contributed by atoms with Gasteiger partial charge in [-0.25, -0.2) is 0 Å². The number of fused-ring (bicyclic) bond motifs is 2.